The normalized spacial score (nSPS) is 21.7. The van der Waals surface area contributed by atoms with Crippen molar-refractivity contribution in [3.05, 3.63) is 18.2 Å². The summed E-state index contributed by atoms with van der Waals surface area (Å²) in [5.41, 5.74) is 0.436. The molecule has 24 heavy (non-hydrogen) atoms. The molecule has 0 saturated carbocycles. The summed E-state index contributed by atoms with van der Waals surface area (Å²) in [5.74, 6) is 0.330. The van der Waals surface area contributed by atoms with Crippen molar-refractivity contribution in [2.75, 3.05) is 18.4 Å². The lowest BCUT2D eigenvalue weighted by Crippen LogP contribution is -2.37. The Morgan fingerprint density at radius 3 is 2.71 bits per heavy atom. The molecule has 132 valence electrons. The average molecular weight is 352 g/mol. The Balaban J connectivity index is 1.82. The van der Waals surface area contributed by atoms with Gasteiger partial charge in [0.1, 0.15) is 5.75 Å². The van der Waals surface area contributed by atoms with E-state index in [1.165, 1.54) is 10.4 Å². The number of unbranched alkanes of at least 4 members (excludes halogenated alkanes) is 1. The lowest BCUT2D eigenvalue weighted by molar-refractivity contribution is -0.123. The zero-order valence-electron chi connectivity index (χ0n) is 14.0. The van der Waals surface area contributed by atoms with E-state index >= 15 is 0 Å². The van der Waals surface area contributed by atoms with Crippen LogP contribution in [-0.4, -0.2) is 37.8 Å². The number of hydrogen-bond donors (Lipinski definition) is 1. The zero-order chi connectivity index (χ0) is 17.2. The van der Waals surface area contributed by atoms with Gasteiger partial charge >= 0.3 is 0 Å². The number of ether oxygens (including phenoxy) is 1. The van der Waals surface area contributed by atoms with Gasteiger partial charge in [0.2, 0.25) is 10.0 Å². The third-order valence-corrected chi connectivity index (χ3v) is 6.44. The number of amides is 1. The second kappa shape index (κ2) is 7.11. The molecule has 7 heteroatoms. The van der Waals surface area contributed by atoms with Crippen molar-refractivity contribution in [1.29, 1.82) is 0 Å². The number of anilines is 1. The number of nitrogens with zero attached hydrogens (tertiary/aromatic N) is 1. The molecule has 0 spiro atoms. The summed E-state index contributed by atoms with van der Waals surface area (Å²) >= 11 is 0. The molecule has 1 N–H and O–H groups in total. The number of nitrogens with one attached hydrogen (secondary N) is 1. The van der Waals surface area contributed by atoms with Crippen molar-refractivity contribution in [2.24, 2.45) is 0 Å². The van der Waals surface area contributed by atoms with E-state index in [-0.39, 0.29) is 10.8 Å². The Kier molecular flexibility index (Phi) is 5.10. The molecule has 2 aliphatic heterocycles. The molecular formula is C17H24N2O4S. The maximum atomic E-state index is 12.7. The highest BCUT2D eigenvalue weighted by Gasteiger charge is 2.30. The third kappa shape index (κ3) is 3.42. The lowest BCUT2D eigenvalue weighted by atomic mass is 10.1. The van der Waals surface area contributed by atoms with Gasteiger partial charge in [0.25, 0.3) is 5.91 Å². The minimum atomic E-state index is -3.51. The largest absolute Gasteiger partial charge is 0.478 e. The smallest absolute Gasteiger partial charge is 0.265 e. The summed E-state index contributed by atoms with van der Waals surface area (Å²) in [7, 11) is -3.51. The lowest BCUT2D eigenvalue weighted by Gasteiger charge is -2.28. The van der Waals surface area contributed by atoms with Gasteiger partial charge in [-0.05, 0) is 43.9 Å². The fourth-order valence-electron chi connectivity index (χ4n) is 3.12. The Hall–Kier alpha value is -1.60. The predicted molar refractivity (Wildman–Crippen MR) is 91.6 cm³/mol. The summed E-state index contributed by atoms with van der Waals surface area (Å²) < 4.78 is 32.7. The number of benzene rings is 1. The summed E-state index contributed by atoms with van der Waals surface area (Å²) in [6.07, 6.45) is 4.92. The molecule has 1 atom stereocenters. The van der Waals surface area contributed by atoms with Gasteiger partial charge < -0.3 is 10.1 Å². The topological polar surface area (TPSA) is 75.7 Å². The molecule has 3 rings (SSSR count). The quantitative estimate of drug-likeness (QED) is 0.884. The van der Waals surface area contributed by atoms with E-state index in [2.05, 4.69) is 12.2 Å². The van der Waals surface area contributed by atoms with Crippen molar-refractivity contribution in [2.45, 2.75) is 56.4 Å². The molecule has 1 aromatic rings. The molecule has 1 aromatic carbocycles. The van der Waals surface area contributed by atoms with Crippen LogP contribution in [0.25, 0.3) is 0 Å². The number of carbonyl (C=O) groups is 1. The minimum Gasteiger partial charge on any atom is -0.478 e. The molecule has 1 saturated heterocycles. The van der Waals surface area contributed by atoms with Crippen LogP contribution in [0, 0.1) is 0 Å². The SMILES string of the molecule is CCCC[C@H]1Oc2ccc(S(=O)(=O)N3CCCCC3)cc2NC1=O. The molecule has 0 aromatic heterocycles. The number of sulfonamides is 1. The maximum absolute atomic E-state index is 12.7. The Morgan fingerprint density at radius 2 is 2.00 bits per heavy atom. The van der Waals surface area contributed by atoms with Crippen LogP contribution < -0.4 is 10.1 Å². The Morgan fingerprint density at radius 1 is 1.25 bits per heavy atom. The van der Waals surface area contributed by atoms with Crippen LogP contribution in [0.4, 0.5) is 5.69 Å². The molecule has 0 bridgehead atoms. The van der Waals surface area contributed by atoms with E-state index in [1.54, 1.807) is 12.1 Å². The van der Waals surface area contributed by atoms with Crippen molar-refractivity contribution in [3.63, 3.8) is 0 Å². The summed E-state index contributed by atoms with van der Waals surface area (Å²) in [5, 5.41) is 2.79. The molecule has 1 fully saturated rings. The van der Waals surface area contributed by atoms with Gasteiger partial charge in [-0.1, -0.05) is 19.8 Å². The molecule has 0 unspecified atom stereocenters. The highest BCUT2D eigenvalue weighted by atomic mass is 32.2. The Bertz CT molecular complexity index is 711. The minimum absolute atomic E-state index is 0.205. The van der Waals surface area contributed by atoms with Gasteiger partial charge in [-0.3, -0.25) is 4.79 Å². The van der Waals surface area contributed by atoms with Crippen LogP contribution in [0.3, 0.4) is 0 Å². The van der Waals surface area contributed by atoms with Crippen molar-refractivity contribution in [3.8, 4) is 5.75 Å². The second-order valence-electron chi connectivity index (χ2n) is 6.36. The first kappa shape index (κ1) is 17.2. The monoisotopic (exact) mass is 352 g/mol. The third-order valence-electron chi connectivity index (χ3n) is 4.54. The van der Waals surface area contributed by atoms with E-state index in [1.807, 2.05) is 0 Å². The van der Waals surface area contributed by atoms with Crippen LogP contribution in [0.5, 0.6) is 5.75 Å². The van der Waals surface area contributed by atoms with E-state index in [0.29, 0.717) is 30.9 Å². The van der Waals surface area contributed by atoms with E-state index in [9.17, 15) is 13.2 Å². The average Bonchev–Trinajstić information content (AvgIpc) is 2.60. The molecule has 0 radical (unpaired) electrons. The molecular weight excluding hydrogens is 328 g/mol. The fraction of sp³-hybridized carbons (Fsp3) is 0.588. The summed E-state index contributed by atoms with van der Waals surface area (Å²) in [6, 6.07) is 4.72. The standard InChI is InChI=1S/C17H24N2O4S/c1-2-3-7-16-17(20)18-14-12-13(8-9-15(14)23-16)24(21,22)19-10-5-4-6-11-19/h8-9,12,16H,2-7,10-11H2,1H3,(H,18,20)/t16-/m1/s1. The predicted octanol–water partition coefficient (Wildman–Crippen LogP) is 2.75. The summed E-state index contributed by atoms with van der Waals surface area (Å²) in [4.78, 5) is 12.3. The molecule has 2 heterocycles. The van der Waals surface area contributed by atoms with Crippen LogP contribution in [0.1, 0.15) is 45.4 Å². The first-order valence-electron chi connectivity index (χ1n) is 8.64. The van der Waals surface area contributed by atoms with Gasteiger partial charge in [0, 0.05) is 13.1 Å². The summed E-state index contributed by atoms with van der Waals surface area (Å²) in [6.45, 7) is 3.18. The zero-order valence-corrected chi connectivity index (χ0v) is 14.8. The fourth-order valence-corrected chi connectivity index (χ4v) is 4.67. The van der Waals surface area contributed by atoms with Crippen LogP contribution in [-0.2, 0) is 14.8 Å². The maximum Gasteiger partial charge on any atom is 0.265 e. The van der Waals surface area contributed by atoms with E-state index in [4.69, 9.17) is 4.74 Å². The van der Waals surface area contributed by atoms with Crippen molar-refractivity contribution >= 4 is 21.6 Å². The molecule has 1 amide bonds. The van der Waals surface area contributed by atoms with E-state index < -0.39 is 16.1 Å². The number of rotatable bonds is 5. The molecule has 0 aliphatic carbocycles. The number of carbonyl (C=O) groups excluding carboxylic acids is 1. The van der Waals surface area contributed by atoms with Crippen LogP contribution >= 0.6 is 0 Å². The van der Waals surface area contributed by atoms with E-state index in [0.717, 1.165) is 32.1 Å². The second-order valence-corrected chi connectivity index (χ2v) is 8.30. The first-order chi connectivity index (χ1) is 11.5. The highest BCUT2D eigenvalue weighted by molar-refractivity contribution is 7.89. The van der Waals surface area contributed by atoms with Gasteiger partial charge in [-0.25, -0.2) is 8.42 Å². The molecule has 2 aliphatic rings. The van der Waals surface area contributed by atoms with Crippen LogP contribution in [0.2, 0.25) is 0 Å². The van der Waals surface area contributed by atoms with Crippen LogP contribution in [0.15, 0.2) is 23.1 Å². The van der Waals surface area contributed by atoms with Crippen molar-refractivity contribution in [1.82, 2.24) is 4.31 Å². The van der Waals surface area contributed by atoms with Gasteiger partial charge in [0.15, 0.2) is 6.10 Å². The number of hydrogen-bond acceptors (Lipinski definition) is 4. The van der Waals surface area contributed by atoms with Gasteiger partial charge in [-0.15, -0.1) is 0 Å². The number of fused-ring (bicyclic) bond motifs is 1. The van der Waals surface area contributed by atoms with Crippen molar-refractivity contribution < 1.29 is 17.9 Å². The first-order valence-corrected chi connectivity index (χ1v) is 10.1. The number of piperidine rings is 1. The van der Waals surface area contributed by atoms with Gasteiger partial charge in [-0.2, -0.15) is 4.31 Å². The molecule has 6 nitrogen and oxygen atoms in total. The Labute approximate surface area is 143 Å². The van der Waals surface area contributed by atoms with Gasteiger partial charge in [0.05, 0.1) is 10.6 Å². The highest BCUT2D eigenvalue weighted by Crippen LogP contribution is 2.34.